The molecule has 1 saturated carbocycles. The molecular weight excluding hydrogens is 226 g/mol. The Morgan fingerprint density at radius 3 is 3.00 bits per heavy atom. The van der Waals surface area contributed by atoms with Gasteiger partial charge in [-0.25, -0.2) is 4.98 Å². The van der Waals surface area contributed by atoms with E-state index in [4.69, 9.17) is 0 Å². The number of hydrogen-bond donors (Lipinski definition) is 0. The van der Waals surface area contributed by atoms with E-state index < -0.39 is 0 Å². The first-order chi connectivity index (χ1) is 8.33. The van der Waals surface area contributed by atoms with Crippen molar-refractivity contribution >= 4 is 11.3 Å². The van der Waals surface area contributed by atoms with E-state index in [-0.39, 0.29) is 0 Å². The number of aromatic nitrogens is 1. The van der Waals surface area contributed by atoms with Gasteiger partial charge in [0, 0.05) is 17.5 Å². The highest BCUT2D eigenvalue weighted by Crippen LogP contribution is 2.40. The van der Waals surface area contributed by atoms with Gasteiger partial charge in [-0.2, -0.15) is 0 Å². The van der Waals surface area contributed by atoms with Gasteiger partial charge in [0.25, 0.3) is 0 Å². The molecule has 1 heterocycles. The normalized spacial score (nSPS) is 17.0. The van der Waals surface area contributed by atoms with Crippen molar-refractivity contribution in [2.75, 3.05) is 0 Å². The topological polar surface area (TPSA) is 12.9 Å². The molecule has 0 spiro atoms. The Morgan fingerprint density at radius 2 is 2.29 bits per heavy atom. The summed E-state index contributed by atoms with van der Waals surface area (Å²) in [6, 6.07) is 9.12. The van der Waals surface area contributed by atoms with E-state index in [1.807, 2.05) is 6.20 Å². The quantitative estimate of drug-likeness (QED) is 0.777. The van der Waals surface area contributed by atoms with Crippen molar-refractivity contribution in [1.82, 2.24) is 4.98 Å². The molecule has 0 unspecified atom stereocenters. The summed E-state index contributed by atoms with van der Waals surface area (Å²) in [5.41, 5.74) is 2.99. The minimum Gasteiger partial charge on any atom is -0.249 e. The van der Waals surface area contributed by atoms with Crippen molar-refractivity contribution in [3.05, 3.63) is 52.0 Å². The second-order valence-corrected chi connectivity index (χ2v) is 5.92. The van der Waals surface area contributed by atoms with E-state index in [0.29, 0.717) is 5.92 Å². The fourth-order valence-electron chi connectivity index (χ4n) is 2.31. The molecule has 0 aliphatic heterocycles. The van der Waals surface area contributed by atoms with Gasteiger partial charge in [-0.1, -0.05) is 31.2 Å². The lowest BCUT2D eigenvalue weighted by molar-refractivity contribution is 0.750. The van der Waals surface area contributed by atoms with Gasteiger partial charge in [-0.15, -0.1) is 11.3 Å². The lowest BCUT2D eigenvalue weighted by Gasteiger charge is -2.09. The molecule has 1 aromatic heterocycles. The third kappa shape index (κ3) is 2.58. The van der Waals surface area contributed by atoms with Crippen molar-refractivity contribution in [3.8, 4) is 0 Å². The van der Waals surface area contributed by atoms with Crippen LogP contribution in [0.3, 0.4) is 0 Å². The molecule has 3 rings (SSSR count). The molecule has 1 aromatic carbocycles. The smallest absolute Gasteiger partial charge is 0.0956 e. The van der Waals surface area contributed by atoms with Crippen LogP contribution in [0.1, 0.15) is 47.7 Å². The molecule has 1 nitrogen and oxygen atoms in total. The highest BCUT2D eigenvalue weighted by molar-refractivity contribution is 7.09. The molecule has 88 valence electrons. The van der Waals surface area contributed by atoms with E-state index in [1.54, 1.807) is 11.3 Å². The second-order valence-electron chi connectivity index (χ2n) is 4.99. The molecule has 1 atom stereocenters. The van der Waals surface area contributed by atoms with Crippen LogP contribution in [0, 0.1) is 0 Å². The first kappa shape index (κ1) is 11.0. The van der Waals surface area contributed by atoms with Crippen molar-refractivity contribution in [2.24, 2.45) is 0 Å². The molecule has 1 aliphatic carbocycles. The maximum absolute atomic E-state index is 4.40. The number of thiazole rings is 1. The molecule has 0 radical (unpaired) electrons. The first-order valence-corrected chi connectivity index (χ1v) is 7.19. The van der Waals surface area contributed by atoms with Gasteiger partial charge in [0.2, 0.25) is 0 Å². The Morgan fingerprint density at radius 1 is 1.41 bits per heavy atom. The van der Waals surface area contributed by atoms with Gasteiger partial charge < -0.3 is 0 Å². The number of nitrogens with zero attached hydrogens (tertiary/aromatic N) is 1. The van der Waals surface area contributed by atoms with Gasteiger partial charge in [-0.05, 0) is 36.3 Å². The molecule has 2 aromatic rings. The molecule has 0 N–H and O–H groups in total. The van der Waals surface area contributed by atoms with Crippen LogP contribution in [0.25, 0.3) is 0 Å². The lowest BCUT2D eigenvalue weighted by atomic mass is 9.99. The van der Waals surface area contributed by atoms with Crippen LogP contribution in [0.2, 0.25) is 0 Å². The predicted molar refractivity (Wildman–Crippen MR) is 72.7 cm³/mol. The monoisotopic (exact) mass is 243 g/mol. The zero-order valence-corrected chi connectivity index (χ0v) is 10.9. The lowest BCUT2D eigenvalue weighted by Crippen LogP contribution is -1.98. The highest BCUT2D eigenvalue weighted by Gasteiger charge is 2.23. The van der Waals surface area contributed by atoms with Crippen LogP contribution in [0.5, 0.6) is 0 Å². The summed E-state index contributed by atoms with van der Waals surface area (Å²) in [4.78, 5) is 4.40. The number of hydrogen-bond acceptors (Lipinski definition) is 2. The van der Waals surface area contributed by atoms with Crippen molar-refractivity contribution in [3.63, 3.8) is 0 Å². The summed E-state index contributed by atoms with van der Waals surface area (Å²) in [5.74, 6) is 1.38. The molecule has 2 heteroatoms. The van der Waals surface area contributed by atoms with Gasteiger partial charge >= 0.3 is 0 Å². The van der Waals surface area contributed by atoms with Crippen molar-refractivity contribution in [1.29, 1.82) is 0 Å². The minimum atomic E-state index is 0.532. The summed E-state index contributed by atoms with van der Waals surface area (Å²) in [6.45, 7) is 2.27. The maximum atomic E-state index is 4.40. The average molecular weight is 243 g/mol. The molecule has 0 amide bonds. The molecule has 1 aliphatic rings. The van der Waals surface area contributed by atoms with Crippen LogP contribution in [0.15, 0.2) is 35.8 Å². The molecule has 0 saturated heterocycles. The summed E-state index contributed by atoms with van der Waals surface area (Å²) < 4.78 is 0. The highest BCUT2D eigenvalue weighted by atomic mass is 32.1. The van der Waals surface area contributed by atoms with E-state index in [1.165, 1.54) is 29.0 Å². The first-order valence-electron chi connectivity index (χ1n) is 6.31. The molecule has 0 bridgehead atoms. The molecular formula is C15H17NS. The van der Waals surface area contributed by atoms with Gasteiger partial charge in [0.1, 0.15) is 0 Å². The SMILES string of the molecule is C[C@@H](Cc1cccc(C2CC2)c1)c1nccs1. The summed E-state index contributed by atoms with van der Waals surface area (Å²) in [5, 5.41) is 3.31. The Kier molecular flexibility index (Phi) is 2.98. The van der Waals surface area contributed by atoms with E-state index in [0.717, 1.165) is 12.3 Å². The van der Waals surface area contributed by atoms with Crippen LogP contribution in [-0.4, -0.2) is 4.98 Å². The van der Waals surface area contributed by atoms with E-state index >= 15 is 0 Å². The Bertz CT molecular complexity index is 485. The third-order valence-corrected chi connectivity index (χ3v) is 4.42. The third-order valence-electron chi connectivity index (χ3n) is 3.41. The number of benzene rings is 1. The largest absolute Gasteiger partial charge is 0.249 e. The Labute approximate surface area is 107 Å². The summed E-state index contributed by atoms with van der Waals surface area (Å²) in [6.07, 6.45) is 5.77. The van der Waals surface area contributed by atoms with Crippen molar-refractivity contribution in [2.45, 2.75) is 38.0 Å². The zero-order chi connectivity index (χ0) is 11.7. The van der Waals surface area contributed by atoms with Crippen LogP contribution >= 0.6 is 11.3 Å². The van der Waals surface area contributed by atoms with Crippen LogP contribution in [0.4, 0.5) is 0 Å². The summed E-state index contributed by atoms with van der Waals surface area (Å²) in [7, 11) is 0. The van der Waals surface area contributed by atoms with Crippen LogP contribution in [-0.2, 0) is 6.42 Å². The van der Waals surface area contributed by atoms with Gasteiger partial charge in [0.15, 0.2) is 0 Å². The second kappa shape index (κ2) is 4.61. The van der Waals surface area contributed by atoms with Crippen molar-refractivity contribution < 1.29 is 0 Å². The van der Waals surface area contributed by atoms with E-state index in [9.17, 15) is 0 Å². The maximum Gasteiger partial charge on any atom is 0.0956 e. The standard InChI is InChI=1S/C15H17NS/c1-11(15-16-7-8-17-15)9-12-3-2-4-14(10-12)13-5-6-13/h2-4,7-8,10-11,13H,5-6,9H2,1H3/t11-/m0/s1. The Balaban J connectivity index is 1.73. The van der Waals surface area contributed by atoms with Crippen LogP contribution < -0.4 is 0 Å². The predicted octanol–water partition coefficient (Wildman–Crippen LogP) is 4.37. The van der Waals surface area contributed by atoms with Gasteiger partial charge in [-0.3, -0.25) is 0 Å². The fraction of sp³-hybridized carbons (Fsp3) is 0.400. The fourth-order valence-corrected chi connectivity index (χ4v) is 3.01. The van der Waals surface area contributed by atoms with E-state index in [2.05, 4.69) is 41.6 Å². The Hall–Kier alpha value is -1.15. The summed E-state index contributed by atoms with van der Waals surface area (Å²) >= 11 is 1.76. The minimum absolute atomic E-state index is 0.532. The molecule has 17 heavy (non-hydrogen) atoms. The number of rotatable bonds is 4. The average Bonchev–Trinajstić information content (AvgIpc) is 3.04. The zero-order valence-electron chi connectivity index (χ0n) is 10.1. The van der Waals surface area contributed by atoms with Gasteiger partial charge in [0.05, 0.1) is 5.01 Å². The molecule has 1 fully saturated rings.